The van der Waals surface area contributed by atoms with Crippen LogP contribution in [0.5, 0.6) is 0 Å². The number of aryl methyl sites for hydroxylation is 2. The Hall–Kier alpha value is 0.180. The van der Waals surface area contributed by atoms with Crippen LogP contribution in [-0.4, -0.2) is 0 Å². The zero-order valence-corrected chi connectivity index (χ0v) is 13.8. The SMILES string of the molecule is Cc1cc(C(Br)C2CCCCC2)c(C)cc1Br. The van der Waals surface area contributed by atoms with Crippen molar-refractivity contribution in [1.29, 1.82) is 0 Å². The predicted octanol–water partition coefficient (Wildman–Crippen LogP) is 6.08. The molecular weight excluding hydrogens is 340 g/mol. The van der Waals surface area contributed by atoms with Crippen LogP contribution in [0.1, 0.15) is 53.6 Å². The third-order valence-corrected chi connectivity index (χ3v) is 6.00. The summed E-state index contributed by atoms with van der Waals surface area (Å²) in [6.07, 6.45) is 6.99. The van der Waals surface area contributed by atoms with Crippen molar-refractivity contribution in [2.24, 2.45) is 5.92 Å². The molecule has 2 rings (SSSR count). The number of alkyl halides is 1. The molecule has 0 bridgehead atoms. The second kappa shape index (κ2) is 5.88. The number of hydrogen-bond donors (Lipinski definition) is 0. The van der Waals surface area contributed by atoms with Crippen LogP contribution >= 0.6 is 31.9 Å². The summed E-state index contributed by atoms with van der Waals surface area (Å²) in [6.45, 7) is 4.39. The highest BCUT2D eigenvalue weighted by molar-refractivity contribution is 9.10. The van der Waals surface area contributed by atoms with Crippen LogP contribution in [0.2, 0.25) is 0 Å². The summed E-state index contributed by atoms with van der Waals surface area (Å²) in [5.74, 6) is 0.822. The first-order valence-electron chi connectivity index (χ1n) is 6.50. The molecule has 0 nitrogen and oxygen atoms in total. The van der Waals surface area contributed by atoms with Crippen molar-refractivity contribution < 1.29 is 0 Å². The fourth-order valence-corrected chi connectivity index (χ4v) is 4.26. The Labute approximate surface area is 121 Å². The zero-order chi connectivity index (χ0) is 12.4. The summed E-state index contributed by atoms with van der Waals surface area (Å²) in [6, 6.07) is 4.59. The number of benzene rings is 1. The molecule has 0 aliphatic heterocycles. The molecule has 2 heteroatoms. The highest BCUT2D eigenvalue weighted by atomic mass is 79.9. The molecule has 1 aliphatic rings. The molecular formula is C15H20Br2. The molecule has 1 unspecified atom stereocenters. The molecule has 0 N–H and O–H groups in total. The normalized spacial score (nSPS) is 19.3. The van der Waals surface area contributed by atoms with Crippen LogP contribution < -0.4 is 0 Å². The molecule has 1 aliphatic carbocycles. The summed E-state index contributed by atoms with van der Waals surface area (Å²) in [5, 5.41) is 0. The Kier molecular flexibility index (Phi) is 4.71. The first-order chi connectivity index (χ1) is 8.09. The van der Waals surface area contributed by atoms with Crippen molar-refractivity contribution in [2.45, 2.75) is 50.8 Å². The lowest BCUT2D eigenvalue weighted by Gasteiger charge is -2.28. The van der Waals surface area contributed by atoms with Gasteiger partial charge in [-0.25, -0.2) is 0 Å². The van der Waals surface area contributed by atoms with Crippen LogP contribution in [0, 0.1) is 19.8 Å². The van der Waals surface area contributed by atoms with E-state index in [1.807, 2.05) is 0 Å². The molecule has 0 radical (unpaired) electrons. The average Bonchev–Trinajstić information content (AvgIpc) is 2.34. The van der Waals surface area contributed by atoms with Gasteiger partial charge in [-0.15, -0.1) is 0 Å². The number of hydrogen-bond acceptors (Lipinski definition) is 0. The maximum Gasteiger partial charge on any atom is 0.0426 e. The van der Waals surface area contributed by atoms with Crippen LogP contribution in [-0.2, 0) is 0 Å². The van der Waals surface area contributed by atoms with E-state index < -0.39 is 0 Å². The molecule has 1 saturated carbocycles. The fourth-order valence-electron chi connectivity index (χ4n) is 2.78. The average molecular weight is 360 g/mol. The Balaban J connectivity index is 2.23. The smallest absolute Gasteiger partial charge is 0.0426 e. The van der Waals surface area contributed by atoms with Crippen LogP contribution in [0.15, 0.2) is 16.6 Å². The van der Waals surface area contributed by atoms with Crippen LogP contribution in [0.4, 0.5) is 0 Å². The maximum absolute atomic E-state index is 3.94. The Morgan fingerprint density at radius 2 is 1.71 bits per heavy atom. The summed E-state index contributed by atoms with van der Waals surface area (Å²) < 4.78 is 1.22. The minimum Gasteiger partial charge on any atom is -0.0836 e. The lowest BCUT2D eigenvalue weighted by atomic mass is 9.83. The van der Waals surface area contributed by atoms with E-state index >= 15 is 0 Å². The minimum absolute atomic E-state index is 0.537. The van der Waals surface area contributed by atoms with Crippen molar-refractivity contribution in [2.75, 3.05) is 0 Å². The van der Waals surface area contributed by atoms with E-state index in [1.165, 1.54) is 53.3 Å². The highest BCUT2D eigenvalue weighted by Crippen LogP contribution is 2.42. The maximum atomic E-state index is 3.94. The molecule has 1 aromatic carbocycles. The van der Waals surface area contributed by atoms with Crippen LogP contribution in [0.3, 0.4) is 0 Å². The molecule has 1 fully saturated rings. The third kappa shape index (κ3) is 3.14. The quantitative estimate of drug-likeness (QED) is 0.561. The molecule has 0 aromatic heterocycles. The summed E-state index contributed by atoms with van der Waals surface area (Å²) >= 11 is 7.55. The highest BCUT2D eigenvalue weighted by Gasteiger charge is 2.24. The second-order valence-electron chi connectivity index (χ2n) is 5.26. The van der Waals surface area contributed by atoms with Gasteiger partial charge in [0.05, 0.1) is 0 Å². The Morgan fingerprint density at radius 1 is 1.06 bits per heavy atom. The van der Waals surface area contributed by atoms with Crippen molar-refractivity contribution in [3.8, 4) is 0 Å². The Morgan fingerprint density at radius 3 is 2.35 bits per heavy atom. The third-order valence-electron chi connectivity index (χ3n) is 3.91. The molecule has 0 heterocycles. The minimum atomic E-state index is 0.537. The monoisotopic (exact) mass is 358 g/mol. The van der Waals surface area contributed by atoms with Gasteiger partial charge in [0.2, 0.25) is 0 Å². The molecule has 94 valence electrons. The topological polar surface area (TPSA) is 0 Å². The second-order valence-corrected chi connectivity index (χ2v) is 7.10. The van der Waals surface area contributed by atoms with E-state index in [9.17, 15) is 0 Å². The molecule has 1 aromatic rings. The molecule has 0 amide bonds. The lowest BCUT2D eigenvalue weighted by molar-refractivity contribution is 0.354. The lowest BCUT2D eigenvalue weighted by Crippen LogP contribution is -2.13. The van der Waals surface area contributed by atoms with Crippen LogP contribution in [0.25, 0.3) is 0 Å². The summed E-state index contributed by atoms with van der Waals surface area (Å²) in [7, 11) is 0. The van der Waals surface area contributed by atoms with Gasteiger partial charge in [0.15, 0.2) is 0 Å². The molecule has 17 heavy (non-hydrogen) atoms. The van der Waals surface area contributed by atoms with Gasteiger partial charge >= 0.3 is 0 Å². The summed E-state index contributed by atoms with van der Waals surface area (Å²) in [4.78, 5) is 0.537. The number of halogens is 2. The van der Waals surface area contributed by atoms with Gasteiger partial charge in [-0.2, -0.15) is 0 Å². The van der Waals surface area contributed by atoms with Gasteiger partial charge in [-0.3, -0.25) is 0 Å². The molecule has 1 atom stereocenters. The largest absolute Gasteiger partial charge is 0.0836 e. The van der Waals surface area contributed by atoms with Gasteiger partial charge in [0.1, 0.15) is 0 Å². The van der Waals surface area contributed by atoms with E-state index in [-0.39, 0.29) is 0 Å². The van der Waals surface area contributed by atoms with Gasteiger partial charge in [-0.05, 0) is 55.4 Å². The van der Waals surface area contributed by atoms with E-state index in [1.54, 1.807) is 0 Å². The fraction of sp³-hybridized carbons (Fsp3) is 0.600. The van der Waals surface area contributed by atoms with Gasteiger partial charge in [0, 0.05) is 9.30 Å². The van der Waals surface area contributed by atoms with Crippen molar-refractivity contribution >= 4 is 31.9 Å². The summed E-state index contributed by atoms with van der Waals surface area (Å²) in [5.41, 5.74) is 4.22. The van der Waals surface area contributed by atoms with Gasteiger partial charge in [-0.1, -0.05) is 57.2 Å². The molecule has 0 saturated heterocycles. The standard InChI is InChI=1S/C15H20Br2/c1-10-9-14(16)11(2)8-13(10)15(17)12-6-4-3-5-7-12/h8-9,12,15H,3-7H2,1-2H3. The van der Waals surface area contributed by atoms with E-state index in [0.29, 0.717) is 4.83 Å². The zero-order valence-electron chi connectivity index (χ0n) is 10.6. The van der Waals surface area contributed by atoms with E-state index in [0.717, 1.165) is 5.92 Å². The first-order valence-corrected chi connectivity index (χ1v) is 8.21. The number of rotatable bonds is 2. The Bertz CT molecular complexity index is 392. The van der Waals surface area contributed by atoms with Gasteiger partial charge in [0.25, 0.3) is 0 Å². The first kappa shape index (κ1) is 13.6. The van der Waals surface area contributed by atoms with E-state index in [4.69, 9.17) is 0 Å². The van der Waals surface area contributed by atoms with Gasteiger partial charge < -0.3 is 0 Å². The van der Waals surface area contributed by atoms with Crippen molar-refractivity contribution in [3.63, 3.8) is 0 Å². The van der Waals surface area contributed by atoms with E-state index in [2.05, 4.69) is 57.8 Å². The van der Waals surface area contributed by atoms with Crippen molar-refractivity contribution in [1.82, 2.24) is 0 Å². The predicted molar refractivity (Wildman–Crippen MR) is 81.9 cm³/mol. The van der Waals surface area contributed by atoms with Crippen molar-refractivity contribution in [3.05, 3.63) is 33.3 Å². The molecule has 0 spiro atoms.